The van der Waals surface area contributed by atoms with Crippen molar-refractivity contribution in [1.29, 1.82) is 0 Å². The van der Waals surface area contributed by atoms with E-state index < -0.39 is 11.9 Å². The molecular formula is C19H15N5O3. The summed E-state index contributed by atoms with van der Waals surface area (Å²) in [6, 6.07) is 8.74. The maximum absolute atomic E-state index is 13.1. The molecule has 134 valence electrons. The fraction of sp³-hybridized carbons (Fsp3) is 0.211. The van der Waals surface area contributed by atoms with Gasteiger partial charge in [0, 0.05) is 23.8 Å². The van der Waals surface area contributed by atoms with Crippen LogP contribution in [0.15, 0.2) is 36.5 Å². The lowest BCUT2D eigenvalue weighted by Crippen LogP contribution is -2.53. The fourth-order valence-corrected chi connectivity index (χ4v) is 3.96. The molecule has 1 fully saturated rings. The standard InChI is InChI=1S/C19H15N5O3/c25-16-7-6-15(18(26)21-16)24-14-5-4-10(8-11-9-20-23-22-11)12-2-1-3-13(17(12)14)19(24)27/h1-5,9,15H,6-8H2,(H,20,22,23)(H,21,25,26). The zero-order valence-electron chi connectivity index (χ0n) is 14.2. The Kier molecular flexibility index (Phi) is 3.33. The number of H-pyrrole nitrogens is 1. The number of nitrogens with one attached hydrogen (secondary N) is 2. The van der Waals surface area contributed by atoms with Gasteiger partial charge in [-0.2, -0.15) is 15.4 Å². The molecule has 2 aromatic carbocycles. The molecular weight excluding hydrogens is 346 g/mol. The lowest BCUT2D eigenvalue weighted by Gasteiger charge is -2.30. The molecule has 8 nitrogen and oxygen atoms in total. The van der Waals surface area contributed by atoms with E-state index in [-0.39, 0.29) is 18.2 Å². The maximum atomic E-state index is 13.1. The van der Waals surface area contributed by atoms with E-state index in [1.54, 1.807) is 12.3 Å². The second-order valence-electron chi connectivity index (χ2n) is 6.75. The second kappa shape index (κ2) is 5.73. The average Bonchev–Trinajstić information content (AvgIpc) is 3.26. The molecule has 0 aliphatic carbocycles. The van der Waals surface area contributed by atoms with Crippen molar-refractivity contribution in [3.05, 3.63) is 53.3 Å². The van der Waals surface area contributed by atoms with Crippen LogP contribution in [-0.2, 0) is 16.0 Å². The first-order chi connectivity index (χ1) is 13.1. The van der Waals surface area contributed by atoms with E-state index in [4.69, 9.17) is 0 Å². The van der Waals surface area contributed by atoms with Gasteiger partial charge in [-0.05, 0) is 29.5 Å². The first-order valence-electron chi connectivity index (χ1n) is 8.70. The number of imide groups is 1. The van der Waals surface area contributed by atoms with E-state index >= 15 is 0 Å². The molecule has 1 unspecified atom stereocenters. The Morgan fingerprint density at radius 1 is 1.15 bits per heavy atom. The quantitative estimate of drug-likeness (QED) is 0.684. The summed E-state index contributed by atoms with van der Waals surface area (Å²) >= 11 is 0. The van der Waals surface area contributed by atoms with Crippen LogP contribution in [-0.4, -0.2) is 39.2 Å². The highest BCUT2D eigenvalue weighted by Crippen LogP contribution is 2.41. The van der Waals surface area contributed by atoms with Crippen molar-refractivity contribution in [3.8, 4) is 0 Å². The number of benzene rings is 2. The number of amides is 3. The molecule has 3 aromatic rings. The van der Waals surface area contributed by atoms with E-state index in [0.717, 1.165) is 22.0 Å². The summed E-state index contributed by atoms with van der Waals surface area (Å²) < 4.78 is 0. The zero-order valence-corrected chi connectivity index (χ0v) is 14.2. The predicted octanol–water partition coefficient (Wildman–Crippen LogP) is 1.31. The van der Waals surface area contributed by atoms with Crippen LogP contribution in [0.25, 0.3) is 10.8 Å². The van der Waals surface area contributed by atoms with Crippen LogP contribution in [0.5, 0.6) is 0 Å². The van der Waals surface area contributed by atoms with Gasteiger partial charge in [-0.15, -0.1) is 0 Å². The highest BCUT2D eigenvalue weighted by Gasteiger charge is 2.40. The molecule has 0 radical (unpaired) electrons. The van der Waals surface area contributed by atoms with Crippen LogP contribution < -0.4 is 10.2 Å². The molecule has 1 saturated heterocycles. The molecule has 1 atom stereocenters. The van der Waals surface area contributed by atoms with Gasteiger partial charge in [0.15, 0.2) is 0 Å². The molecule has 2 aliphatic rings. The number of anilines is 1. The third-order valence-electron chi connectivity index (χ3n) is 5.18. The Hall–Kier alpha value is -3.55. The molecule has 8 heteroatoms. The third kappa shape index (κ3) is 2.33. The van der Waals surface area contributed by atoms with Crippen LogP contribution in [0.1, 0.15) is 34.5 Å². The Labute approximate surface area is 153 Å². The Morgan fingerprint density at radius 3 is 2.81 bits per heavy atom. The van der Waals surface area contributed by atoms with Gasteiger partial charge in [-0.25, -0.2) is 0 Å². The number of rotatable bonds is 3. The first-order valence-corrected chi connectivity index (χ1v) is 8.70. The van der Waals surface area contributed by atoms with Crippen LogP contribution in [0, 0.1) is 0 Å². The van der Waals surface area contributed by atoms with Crippen molar-refractivity contribution in [2.24, 2.45) is 0 Å². The van der Waals surface area contributed by atoms with Gasteiger partial charge in [-0.1, -0.05) is 18.2 Å². The van der Waals surface area contributed by atoms with Gasteiger partial charge in [0.25, 0.3) is 5.91 Å². The van der Waals surface area contributed by atoms with Crippen LogP contribution in [0.4, 0.5) is 5.69 Å². The van der Waals surface area contributed by atoms with Gasteiger partial charge < -0.3 is 0 Å². The summed E-state index contributed by atoms with van der Waals surface area (Å²) in [7, 11) is 0. The number of aromatic nitrogens is 3. The smallest absolute Gasteiger partial charge is 0.259 e. The summed E-state index contributed by atoms with van der Waals surface area (Å²) in [6.07, 6.45) is 2.81. The average molecular weight is 361 g/mol. The Bertz CT molecular complexity index is 1110. The molecule has 1 aromatic heterocycles. The van der Waals surface area contributed by atoms with Gasteiger partial charge >= 0.3 is 0 Å². The Morgan fingerprint density at radius 2 is 2.04 bits per heavy atom. The minimum Gasteiger partial charge on any atom is -0.295 e. The molecule has 2 aliphatic heterocycles. The van der Waals surface area contributed by atoms with Crippen molar-refractivity contribution < 1.29 is 14.4 Å². The van der Waals surface area contributed by atoms with Crippen LogP contribution in [0.3, 0.4) is 0 Å². The van der Waals surface area contributed by atoms with E-state index in [0.29, 0.717) is 24.1 Å². The zero-order chi connectivity index (χ0) is 18.5. The summed E-state index contributed by atoms with van der Waals surface area (Å²) in [5.41, 5.74) is 3.13. The molecule has 0 bridgehead atoms. The van der Waals surface area contributed by atoms with Crippen molar-refractivity contribution in [2.45, 2.75) is 25.3 Å². The second-order valence-corrected chi connectivity index (χ2v) is 6.75. The van der Waals surface area contributed by atoms with Gasteiger partial charge in [0.05, 0.1) is 17.6 Å². The number of hydrogen-bond acceptors (Lipinski definition) is 5. The maximum Gasteiger partial charge on any atom is 0.259 e. The molecule has 3 amide bonds. The van der Waals surface area contributed by atoms with Gasteiger partial charge in [-0.3, -0.25) is 24.6 Å². The van der Waals surface area contributed by atoms with Crippen molar-refractivity contribution in [3.63, 3.8) is 0 Å². The monoisotopic (exact) mass is 361 g/mol. The number of nitrogens with zero attached hydrogens (tertiary/aromatic N) is 3. The molecule has 0 saturated carbocycles. The Balaban J connectivity index is 1.62. The molecule has 2 N–H and O–H groups in total. The van der Waals surface area contributed by atoms with Crippen LogP contribution in [0.2, 0.25) is 0 Å². The predicted molar refractivity (Wildman–Crippen MR) is 96.1 cm³/mol. The lowest BCUT2D eigenvalue weighted by molar-refractivity contribution is -0.134. The summed E-state index contributed by atoms with van der Waals surface area (Å²) in [6.45, 7) is 0. The SMILES string of the molecule is O=C1CCC(N2C(=O)c3cccc4c(Cc5cn[nH]n5)ccc2c34)C(=O)N1. The van der Waals surface area contributed by atoms with E-state index in [9.17, 15) is 14.4 Å². The number of hydrogen-bond donors (Lipinski definition) is 2. The number of carbonyl (C=O) groups excluding carboxylic acids is 3. The molecule has 5 rings (SSSR count). The normalized spacial score (nSPS) is 19.0. The van der Waals surface area contributed by atoms with Gasteiger partial charge in [0.1, 0.15) is 6.04 Å². The van der Waals surface area contributed by atoms with Crippen molar-refractivity contribution in [2.75, 3.05) is 4.90 Å². The first kappa shape index (κ1) is 15.7. The fourth-order valence-electron chi connectivity index (χ4n) is 3.96. The highest BCUT2D eigenvalue weighted by molar-refractivity contribution is 6.27. The van der Waals surface area contributed by atoms with Gasteiger partial charge in [0.2, 0.25) is 11.8 Å². The number of piperidine rings is 1. The van der Waals surface area contributed by atoms with E-state index in [2.05, 4.69) is 20.7 Å². The summed E-state index contributed by atoms with van der Waals surface area (Å²) in [5, 5.41) is 14.7. The highest BCUT2D eigenvalue weighted by atomic mass is 16.2. The molecule has 0 spiro atoms. The minimum atomic E-state index is -0.674. The van der Waals surface area contributed by atoms with Crippen molar-refractivity contribution >= 4 is 34.2 Å². The van der Waals surface area contributed by atoms with Crippen LogP contribution >= 0.6 is 0 Å². The van der Waals surface area contributed by atoms with E-state index in [1.807, 2.05) is 24.3 Å². The van der Waals surface area contributed by atoms with Crippen molar-refractivity contribution in [1.82, 2.24) is 20.7 Å². The summed E-state index contributed by atoms with van der Waals surface area (Å²) in [5.74, 6) is -0.926. The molecule has 3 heterocycles. The van der Waals surface area contributed by atoms with E-state index in [1.165, 1.54) is 4.90 Å². The molecule has 27 heavy (non-hydrogen) atoms. The topological polar surface area (TPSA) is 108 Å². The summed E-state index contributed by atoms with van der Waals surface area (Å²) in [4.78, 5) is 38.4. The minimum absolute atomic E-state index is 0.205. The number of aromatic amines is 1. The third-order valence-corrected chi connectivity index (χ3v) is 5.18. The lowest BCUT2D eigenvalue weighted by atomic mass is 9.98. The largest absolute Gasteiger partial charge is 0.295 e. The number of carbonyl (C=O) groups is 3.